The molecule has 0 radical (unpaired) electrons. The van der Waals surface area contributed by atoms with Crippen molar-refractivity contribution >= 4 is 11.6 Å². The molecule has 0 bridgehead atoms. The molecule has 0 aromatic carbocycles. The smallest absolute Gasteiger partial charge is 0.240 e. The van der Waals surface area contributed by atoms with Gasteiger partial charge in [0.15, 0.2) is 0 Å². The summed E-state index contributed by atoms with van der Waals surface area (Å²) in [5, 5.41) is 10.6. The number of anilines is 1. The van der Waals surface area contributed by atoms with E-state index in [1.54, 1.807) is 6.07 Å². The summed E-state index contributed by atoms with van der Waals surface area (Å²) < 4.78 is 1.48. The highest BCUT2D eigenvalue weighted by molar-refractivity contribution is 5.75. The lowest BCUT2D eigenvalue weighted by atomic mass is 10.4. The van der Waals surface area contributed by atoms with Crippen LogP contribution < -0.4 is 16.5 Å². The number of carbonyl (C=O) groups excluding carboxylic acids is 1. The average Bonchev–Trinajstić information content (AvgIpc) is 2.20. The lowest BCUT2D eigenvalue weighted by Gasteiger charge is -2.05. The monoisotopic (exact) mass is 206 g/mol. The lowest BCUT2D eigenvalue weighted by Crippen LogP contribution is -2.28. The zero-order chi connectivity index (χ0) is 11.3. The fourth-order valence-electron chi connectivity index (χ4n) is 1.00. The first-order chi connectivity index (χ1) is 7.13. The van der Waals surface area contributed by atoms with E-state index < -0.39 is 0 Å². The molecule has 0 spiro atoms. The number of nitrogens with two attached hydrogens (primary N) is 1. The summed E-state index contributed by atoms with van der Waals surface area (Å²) >= 11 is 0. The van der Waals surface area contributed by atoms with E-state index in [0.29, 0.717) is 0 Å². The van der Waals surface area contributed by atoms with Gasteiger partial charge in [-0.3, -0.25) is 9.59 Å². The van der Waals surface area contributed by atoms with Crippen molar-refractivity contribution in [3.8, 4) is 6.07 Å². The van der Waals surface area contributed by atoms with Gasteiger partial charge in [0.25, 0.3) is 0 Å². The van der Waals surface area contributed by atoms with Gasteiger partial charge in [0, 0.05) is 18.5 Å². The van der Waals surface area contributed by atoms with Crippen molar-refractivity contribution < 1.29 is 4.79 Å². The molecule has 6 nitrogen and oxygen atoms in total. The minimum Gasteiger partial charge on any atom is -0.394 e. The van der Waals surface area contributed by atoms with Gasteiger partial charge in [-0.05, 0) is 0 Å². The molecule has 0 aliphatic heterocycles. The second-order valence-corrected chi connectivity index (χ2v) is 2.87. The molecule has 1 aromatic heterocycles. The van der Waals surface area contributed by atoms with Crippen molar-refractivity contribution in [3.63, 3.8) is 0 Å². The Morgan fingerprint density at radius 2 is 2.40 bits per heavy atom. The van der Waals surface area contributed by atoms with Crippen LogP contribution in [0, 0.1) is 11.3 Å². The third-order valence-electron chi connectivity index (χ3n) is 1.70. The van der Waals surface area contributed by atoms with Crippen LogP contribution in [0.25, 0.3) is 0 Å². The molecule has 0 atom stereocenters. The first-order valence-corrected chi connectivity index (χ1v) is 4.22. The number of pyridine rings is 1. The first-order valence-electron chi connectivity index (χ1n) is 4.22. The van der Waals surface area contributed by atoms with Crippen molar-refractivity contribution in [2.45, 2.75) is 6.54 Å². The Bertz CT molecular complexity index is 458. The van der Waals surface area contributed by atoms with E-state index in [0.717, 1.165) is 0 Å². The zero-order valence-electron chi connectivity index (χ0n) is 7.93. The minimum absolute atomic E-state index is 0.0332. The Kier molecular flexibility index (Phi) is 3.46. The quantitative estimate of drug-likeness (QED) is 0.624. The van der Waals surface area contributed by atoms with Crippen molar-refractivity contribution in [1.82, 2.24) is 9.88 Å². The molecular weight excluding hydrogens is 196 g/mol. The normalized spacial score (nSPS) is 9.27. The van der Waals surface area contributed by atoms with Crippen molar-refractivity contribution in [2.75, 3.05) is 12.3 Å². The van der Waals surface area contributed by atoms with Crippen molar-refractivity contribution in [3.05, 3.63) is 28.7 Å². The van der Waals surface area contributed by atoms with E-state index >= 15 is 0 Å². The average molecular weight is 206 g/mol. The van der Waals surface area contributed by atoms with Gasteiger partial charge in [-0.1, -0.05) is 0 Å². The number of rotatable bonds is 3. The number of amides is 1. The van der Waals surface area contributed by atoms with E-state index in [2.05, 4.69) is 5.32 Å². The van der Waals surface area contributed by atoms with Crippen molar-refractivity contribution in [2.24, 2.45) is 0 Å². The third kappa shape index (κ3) is 3.15. The molecule has 78 valence electrons. The summed E-state index contributed by atoms with van der Waals surface area (Å²) in [6.07, 6.45) is 2.85. The molecule has 0 aliphatic rings. The summed E-state index contributed by atoms with van der Waals surface area (Å²) in [6.45, 7) is 0.000669. The maximum absolute atomic E-state index is 11.2. The predicted molar refractivity (Wildman–Crippen MR) is 53.7 cm³/mol. The predicted octanol–water partition coefficient (Wildman–Crippen LogP) is -0.930. The van der Waals surface area contributed by atoms with Crippen LogP contribution in [0.2, 0.25) is 0 Å². The molecule has 0 unspecified atom stereocenters. The van der Waals surface area contributed by atoms with Gasteiger partial charge in [-0.25, -0.2) is 0 Å². The fourth-order valence-corrected chi connectivity index (χ4v) is 1.00. The molecule has 0 saturated carbocycles. The Morgan fingerprint density at radius 3 is 3.00 bits per heavy atom. The summed E-state index contributed by atoms with van der Waals surface area (Å²) in [5.74, 6) is -0.306. The van der Waals surface area contributed by atoms with Crippen LogP contribution in [-0.2, 0) is 11.3 Å². The standard InChI is InChI=1S/C9H10N4O2/c10-2-3-12-9(15)6-13-4-1-8(14)7(11)5-13/h1,4-5H,3,6,11H2,(H,12,15). The van der Waals surface area contributed by atoms with Gasteiger partial charge in [-0.2, -0.15) is 5.26 Å². The van der Waals surface area contributed by atoms with Crippen LogP contribution >= 0.6 is 0 Å². The van der Waals surface area contributed by atoms with Gasteiger partial charge >= 0.3 is 0 Å². The number of hydrogen-bond acceptors (Lipinski definition) is 4. The second-order valence-electron chi connectivity index (χ2n) is 2.87. The van der Waals surface area contributed by atoms with Crippen LogP contribution in [0.3, 0.4) is 0 Å². The summed E-state index contributed by atoms with van der Waals surface area (Å²) in [4.78, 5) is 22.1. The molecule has 1 amide bonds. The molecule has 3 N–H and O–H groups in total. The topological polar surface area (TPSA) is 101 Å². The third-order valence-corrected chi connectivity index (χ3v) is 1.70. The first kappa shape index (κ1) is 10.8. The Morgan fingerprint density at radius 1 is 1.67 bits per heavy atom. The minimum atomic E-state index is -0.306. The number of aromatic nitrogens is 1. The maximum Gasteiger partial charge on any atom is 0.240 e. The number of nitriles is 1. The summed E-state index contributed by atoms with van der Waals surface area (Å²) in [7, 11) is 0. The SMILES string of the molecule is N#CCNC(=O)Cn1ccc(=O)c(N)c1. The van der Waals surface area contributed by atoms with Crippen LogP contribution in [0.15, 0.2) is 23.3 Å². The van der Waals surface area contributed by atoms with Crippen LogP contribution in [0.5, 0.6) is 0 Å². The molecule has 6 heteroatoms. The number of hydrogen-bond donors (Lipinski definition) is 2. The van der Waals surface area contributed by atoms with Crippen LogP contribution in [-0.4, -0.2) is 17.0 Å². The molecule has 0 fully saturated rings. The highest BCUT2D eigenvalue weighted by Crippen LogP contribution is 1.92. The van der Waals surface area contributed by atoms with Crippen molar-refractivity contribution in [1.29, 1.82) is 5.26 Å². The number of nitrogens with zero attached hydrogens (tertiary/aromatic N) is 2. The maximum atomic E-state index is 11.2. The van der Waals surface area contributed by atoms with Gasteiger partial charge in [0.05, 0.1) is 11.8 Å². The van der Waals surface area contributed by atoms with Crippen LogP contribution in [0.4, 0.5) is 5.69 Å². The van der Waals surface area contributed by atoms with E-state index in [-0.39, 0.29) is 30.1 Å². The molecular formula is C9H10N4O2. The molecule has 0 aliphatic carbocycles. The molecule has 15 heavy (non-hydrogen) atoms. The molecule has 1 aromatic rings. The molecule has 1 heterocycles. The molecule has 1 rings (SSSR count). The van der Waals surface area contributed by atoms with Crippen LogP contribution in [0.1, 0.15) is 0 Å². The Labute approximate surface area is 85.9 Å². The van der Waals surface area contributed by atoms with E-state index in [1.165, 1.54) is 23.0 Å². The number of nitrogens with one attached hydrogen (secondary N) is 1. The van der Waals surface area contributed by atoms with E-state index in [1.807, 2.05) is 0 Å². The highest BCUT2D eigenvalue weighted by Gasteiger charge is 2.01. The van der Waals surface area contributed by atoms with E-state index in [4.69, 9.17) is 11.0 Å². The summed E-state index contributed by atoms with van der Waals surface area (Å²) in [5.41, 5.74) is 5.19. The highest BCUT2D eigenvalue weighted by atomic mass is 16.2. The number of carbonyl (C=O) groups is 1. The fraction of sp³-hybridized carbons (Fsp3) is 0.222. The van der Waals surface area contributed by atoms with Gasteiger partial charge in [-0.15, -0.1) is 0 Å². The lowest BCUT2D eigenvalue weighted by molar-refractivity contribution is -0.121. The van der Waals surface area contributed by atoms with Gasteiger partial charge in [0.2, 0.25) is 11.3 Å². The van der Waals surface area contributed by atoms with Gasteiger partial charge < -0.3 is 15.6 Å². The Hall–Kier alpha value is -2.29. The number of nitrogen functional groups attached to an aromatic ring is 1. The molecule has 0 saturated heterocycles. The van der Waals surface area contributed by atoms with Gasteiger partial charge in [0.1, 0.15) is 13.1 Å². The summed E-state index contributed by atoms with van der Waals surface area (Å²) in [6, 6.07) is 3.07. The van der Waals surface area contributed by atoms with E-state index in [9.17, 15) is 9.59 Å². The Balaban J connectivity index is 2.66. The largest absolute Gasteiger partial charge is 0.394 e. The second kappa shape index (κ2) is 4.81. The zero-order valence-corrected chi connectivity index (χ0v) is 7.93.